The first-order valence-electron chi connectivity index (χ1n) is 9.29. The SMILES string of the molecule is O=S1(=O)c2ccccc2C2(CCN(c3ncccn3)C2)N1Cc1ccccc1. The van der Waals surface area contributed by atoms with Crippen molar-refractivity contribution < 1.29 is 8.42 Å². The van der Waals surface area contributed by atoms with E-state index in [1.54, 1.807) is 34.9 Å². The van der Waals surface area contributed by atoms with Gasteiger partial charge in [-0.1, -0.05) is 48.5 Å². The van der Waals surface area contributed by atoms with Crippen LogP contribution in [0.4, 0.5) is 5.95 Å². The Morgan fingerprint density at radius 3 is 2.43 bits per heavy atom. The lowest BCUT2D eigenvalue weighted by atomic mass is 9.88. The Bertz CT molecular complexity index is 1110. The molecule has 0 bridgehead atoms. The molecule has 6 nitrogen and oxygen atoms in total. The molecule has 2 aliphatic heterocycles. The maximum absolute atomic E-state index is 13.5. The largest absolute Gasteiger partial charge is 0.338 e. The van der Waals surface area contributed by atoms with Gasteiger partial charge in [0.2, 0.25) is 16.0 Å². The Balaban J connectivity index is 1.61. The minimum atomic E-state index is -3.58. The highest BCUT2D eigenvalue weighted by Gasteiger charge is 2.56. The number of sulfonamides is 1. The van der Waals surface area contributed by atoms with Gasteiger partial charge in [-0.3, -0.25) is 0 Å². The van der Waals surface area contributed by atoms with E-state index in [0.29, 0.717) is 36.9 Å². The lowest BCUT2D eigenvalue weighted by molar-refractivity contribution is 0.215. The molecule has 2 aliphatic rings. The molecule has 3 aromatic rings. The Labute approximate surface area is 164 Å². The summed E-state index contributed by atoms with van der Waals surface area (Å²) in [6.07, 6.45) is 4.14. The fraction of sp³-hybridized carbons (Fsp3) is 0.238. The van der Waals surface area contributed by atoms with E-state index < -0.39 is 15.6 Å². The Kier molecular flexibility index (Phi) is 3.96. The number of benzene rings is 2. The molecular weight excluding hydrogens is 372 g/mol. The van der Waals surface area contributed by atoms with Crippen LogP contribution in [0.25, 0.3) is 0 Å². The van der Waals surface area contributed by atoms with Crippen LogP contribution in [0.3, 0.4) is 0 Å². The van der Waals surface area contributed by atoms with Gasteiger partial charge in [-0.15, -0.1) is 0 Å². The highest BCUT2D eigenvalue weighted by molar-refractivity contribution is 7.89. The van der Waals surface area contributed by atoms with Crippen LogP contribution in [0.15, 0.2) is 78.0 Å². The quantitative estimate of drug-likeness (QED) is 0.686. The Hall–Kier alpha value is -2.77. The normalized spacial score (nSPS) is 23.2. The molecule has 1 aromatic heterocycles. The molecule has 0 N–H and O–H groups in total. The summed E-state index contributed by atoms with van der Waals surface area (Å²) in [6.45, 7) is 1.60. The van der Waals surface area contributed by atoms with Gasteiger partial charge in [-0.25, -0.2) is 18.4 Å². The molecule has 0 amide bonds. The molecule has 142 valence electrons. The van der Waals surface area contributed by atoms with Crippen molar-refractivity contribution in [2.75, 3.05) is 18.0 Å². The summed E-state index contributed by atoms with van der Waals surface area (Å²) in [5.41, 5.74) is 1.25. The van der Waals surface area contributed by atoms with Gasteiger partial charge in [0.25, 0.3) is 0 Å². The van der Waals surface area contributed by atoms with Crippen molar-refractivity contribution in [3.05, 3.63) is 84.2 Å². The molecule has 1 atom stereocenters. The molecule has 1 unspecified atom stereocenters. The molecule has 1 fully saturated rings. The van der Waals surface area contributed by atoms with Crippen molar-refractivity contribution in [1.29, 1.82) is 0 Å². The minimum Gasteiger partial charge on any atom is -0.338 e. The van der Waals surface area contributed by atoms with Crippen LogP contribution in [0.5, 0.6) is 0 Å². The molecule has 5 rings (SSSR count). The highest BCUT2D eigenvalue weighted by atomic mass is 32.2. The van der Waals surface area contributed by atoms with Crippen molar-refractivity contribution in [1.82, 2.24) is 14.3 Å². The third-order valence-electron chi connectivity index (χ3n) is 5.69. The summed E-state index contributed by atoms with van der Waals surface area (Å²) in [7, 11) is -3.58. The van der Waals surface area contributed by atoms with Gasteiger partial charge in [0.1, 0.15) is 0 Å². The zero-order chi connectivity index (χ0) is 19.2. The first-order valence-corrected chi connectivity index (χ1v) is 10.7. The topological polar surface area (TPSA) is 66.4 Å². The molecule has 2 aromatic carbocycles. The van der Waals surface area contributed by atoms with Gasteiger partial charge in [-0.2, -0.15) is 4.31 Å². The van der Waals surface area contributed by atoms with Crippen molar-refractivity contribution in [2.45, 2.75) is 23.4 Å². The first kappa shape index (κ1) is 17.3. The second-order valence-corrected chi connectivity index (χ2v) is 9.08. The first-order chi connectivity index (χ1) is 13.6. The van der Waals surface area contributed by atoms with E-state index in [1.807, 2.05) is 42.5 Å². The molecule has 0 saturated carbocycles. The Morgan fingerprint density at radius 2 is 1.64 bits per heavy atom. The number of hydrogen-bond acceptors (Lipinski definition) is 5. The number of fused-ring (bicyclic) bond motifs is 2. The van der Waals surface area contributed by atoms with Crippen LogP contribution in [-0.2, 0) is 22.1 Å². The zero-order valence-electron chi connectivity index (χ0n) is 15.3. The van der Waals surface area contributed by atoms with Crippen LogP contribution < -0.4 is 4.90 Å². The number of rotatable bonds is 3. The van der Waals surface area contributed by atoms with Gasteiger partial charge in [-0.05, 0) is 29.7 Å². The average molecular weight is 392 g/mol. The molecule has 0 radical (unpaired) electrons. The Morgan fingerprint density at radius 1 is 0.929 bits per heavy atom. The van der Waals surface area contributed by atoms with Crippen LogP contribution in [-0.4, -0.2) is 35.8 Å². The number of aromatic nitrogens is 2. The van der Waals surface area contributed by atoms with Gasteiger partial charge in [0.05, 0.1) is 10.4 Å². The lowest BCUT2D eigenvalue weighted by Crippen LogP contribution is -2.45. The third-order valence-corrected chi connectivity index (χ3v) is 7.66. The van der Waals surface area contributed by atoms with E-state index >= 15 is 0 Å². The second-order valence-electron chi connectivity index (χ2n) is 7.25. The summed E-state index contributed by atoms with van der Waals surface area (Å²) in [6, 6.07) is 18.9. The monoisotopic (exact) mass is 392 g/mol. The van der Waals surface area contributed by atoms with Gasteiger partial charge < -0.3 is 4.90 Å². The molecule has 7 heteroatoms. The molecular formula is C21H20N4O2S. The summed E-state index contributed by atoms with van der Waals surface area (Å²) in [4.78, 5) is 11.2. The van der Waals surface area contributed by atoms with Crippen LogP contribution in [0.2, 0.25) is 0 Å². The van der Waals surface area contributed by atoms with E-state index in [-0.39, 0.29) is 0 Å². The predicted molar refractivity (Wildman–Crippen MR) is 106 cm³/mol. The molecule has 1 saturated heterocycles. The zero-order valence-corrected chi connectivity index (χ0v) is 16.1. The minimum absolute atomic E-state index is 0.349. The van der Waals surface area contributed by atoms with E-state index in [9.17, 15) is 8.42 Å². The maximum Gasteiger partial charge on any atom is 0.244 e. The smallest absolute Gasteiger partial charge is 0.244 e. The van der Waals surface area contributed by atoms with Crippen LogP contribution in [0.1, 0.15) is 17.5 Å². The maximum atomic E-state index is 13.5. The van der Waals surface area contributed by atoms with E-state index in [2.05, 4.69) is 14.9 Å². The summed E-state index contributed by atoms with van der Waals surface area (Å²) in [5, 5.41) is 0. The van der Waals surface area contributed by atoms with Gasteiger partial charge >= 0.3 is 0 Å². The van der Waals surface area contributed by atoms with Crippen LogP contribution >= 0.6 is 0 Å². The van der Waals surface area contributed by atoms with Gasteiger partial charge in [0.15, 0.2) is 0 Å². The fourth-order valence-electron chi connectivity index (χ4n) is 4.39. The summed E-state index contributed by atoms with van der Waals surface area (Å²) < 4.78 is 28.6. The molecule has 3 heterocycles. The number of hydrogen-bond donors (Lipinski definition) is 0. The summed E-state index contributed by atoms with van der Waals surface area (Å²) >= 11 is 0. The standard InChI is InChI=1S/C21H20N4O2S/c26-28(27)19-10-5-4-9-18(19)21(25(28)15-17-7-2-1-3-8-17)11-14-24(16-21)20-22-12-6-13-23-20/h1-10,12-13H,11,14-16H2. The average Bonchev–Trinajstić information content (AvgIpc) is 3.25. The van der Waals surface area contributed by atoms with E-state index in [4.69, 9.17) is 0 Å². The second kappa shape index (κ2) is 6.39. The molecule has 0 aliphatic carbocycles. The van der Waals surface area contributed by atoms with Crippen molar-refractivity contribution in [3.8, 4) is 0 Å². The number of anilines is 1. The lowest BCUT2D eigenvalue weighted by Gasteiger charge is -2.34. The fourth-order valence-corrected chi connectivity index (χ4v) is 6.44. The third kappa shape index (κ3) is 2.54. The number of nitrogens with zero attached hydrogens (tertiary/aromatic N) is 4. The molecule has 1 spiro atoms. The van der Waals surface area contributed by atoms with Crippen molar-refractivity contribution in [3.63, 3.8) is 0 Å². The molecule has 28 heavy (non-hydrogen) atoms. The van der Waals surface area contributed by atoms with E-state index in [0.717, 1.165) is 11.1 Å². The van der Waals surface area contributed by atoms with Crippen molar-refractivity contribution >= 4 is 16.0 Å². The highest BCUT2D eigenvalue weighted by Crippen LogP contribution is 2.50. The predicted octanol–water partition coefficient (Wildman–Crippen LogP) is 2.79. The van der Waals surface area contributed by atoms with Crippen molar-refractivity contribution in [2.24, 2.45) is 0 Å². The van der Waals surface area contributed by atoms with Gasteiger partial charge in [0, 0.05) is 32.0 Å². The summed E-state index contributed by atoms with van der Waals surface area (Å²) in [5.74, 6) is 0.640. The van der Waals surface area contributed by atoms with E-state index in [1.165, 1.54) is 0 Å². The van der Waals surface area contributed by atoms with Crippen LogP contribution in [0, 0.1) is 0 Å².